The minimum Gasteiger partial charge on any atom is -0.395 e. The standard InChI is InChI=1S/C18H26N2O2/c1-20(10-11-21)14-5-3-13(4-6-14)19-16-15-7-12-22-17(15)18(16)8-2-9-18/h3-6,15-17,19,21H,2,7-12H2,1H3. The largest absolute Gasteiger partial charge is 0.395 e. The van der Waals surface area contributed by atoms with Gasteiger partial charge in [-0.2, -0.15) is 0 Å². The lowest BCUT2D eigenvalue weighted by Gasteiger charge is -2.63. The lowest BCUT2D eigenvalue weighted by Crippen LogP contribution is -2.68. The van der Waals surface area contributed by atoms with Gasteiger partial charge < -0.3 is 20.1 Å². The van der Waals surface area contributed by atoms with Crippen molar-refractivity contribution >= 4 is 11.4 Å². The lowest BCUT2D eigenvalue weighted by molar-refractivity contribution is -0.158. The van der Waals surface area contributed by atoms with Gasteiger partial charge in [0.25, 0.3) is 0 Å². The number of ether oxygens (including phenoxy) is 1. The summed E-state index contributed by atoms with van der Waals surface area (Å²) in [6.07, 6.45) is 5.73. The average molecular weight is 302 g/mol. The Morgan fingerprint density at radius 2 is 2.09 bits per heavy atom. The van der Waals surface area contributed by atoms with Crippen LogP contribution in [0.5, 0.6) is 0 Å². The molecule has 2 N–H and O–H groups in total. The van der Waals surface area contributed by atoms with Gasteiger partial charge in [-0.3, -0.25) is 0 Å². The lowest BCUT2D eigenvalue weighted by atomic mass is 9.46. The van der Waals surface area contributed by atoms with Gasteiger partial charge in [0.1, 0.15) is 0 Å². The summed E-state index contributed by atoms with van der Waals surface area (Å²) in [5.74, 6) is 0.706. The molecule has 1 heterocycles. The van der Waals surface area contributed by atoms with Crippen LogP contribution in [0.2, 0.25) is 0 Å². The Labute approximate surface area is 132 Å². The second kappa shape index (κ2) is 5.43. The number of hydrogen-bond acceptors (Lipinski definition) is 4. The van der Waals surface area contributed by atoms with Crippen LogP contribution in [-0.2, 0) is 4.74 Å². The smallest absolute Gasteiger partial charge is 0.0699 e. The highest BCUT2D eigenvalue weighted by atomic mass is 16.5. The van der Waals surface area contributed by atoms with Crippen molar-refractivity contribution in [3.8, 4) is 0 Å². The maximum atomic E-state index is 9.02. The first-order valence-electron chi connectivity index (χ1n) is 8.55. The van der Waals surface area contributed by atoms with Crippen LogP contribution in [0, 0.1) is 11.3 Å². The molecule has 0 aromatic heterocycles. The topological polar surface area (TPSA) is 44.7 Å². The zero-order valence-electron chi connectivity index (χ0n) is 13.3. The van der Waals surface area contributed by atoms with Crippen molar-refractivity contribution in [2.24, 2.45) is 11.3 Å². The molecule has 0 amide bonds. The van der Waals surface area contributed by atoms with Crippen LogP contribution >= 0.6 is 0 Å². The minimum atomic E-state index is 0.185. The fourth-order valence-electron chi connectivity index (χ4n) is 4.73. The second-order valence-corrected chi connectivity index (χ2v) is 7.14. The molecule has 120 valence electrons. The van der Waals surface area contributed by atoms with Gasteiger partial charge in [-0.05, 0) is 43.5 Å². The summed E-state index contributed by atoms with van der Waals surface area (Å²) in [5, 5.41) is 12.8. The van der Waals surface area contributed by atoms with Crippen LogP contribution in [0.25, 0.3) is 0 Å². The van der Waals surface area contributed by atoms with Crippen molar-refractivity contribution < 1.29 is 9.84 Å². The van der Waals surface area contributed by atoms with Crippen molar-refractivity contribution in [3.05, 3.63) is 24.3 Å². The van der Waals surface area contributed by atoms with Gasteiger partial charge in [0.05, 0.1) is 12.7 Å². The molecule has 1 aromatic rings. The Hall–Kier alpha value is -1.26. The number of nitrogens with zero attached hydrogens (tertiary/aromatic N) is 1. The number of benzene rings is 1. The van der Waals surface area contributed by atoms with Crippen LogP contribution in [0.15, 0.2) is 24.3 Å². The van der Waals surface area contributed by atoms with Gasteiger partial charge in [0, 0.05) is 48.9 Å². The molecule has 1 spiro atoms. The zero-order valence-corrected chi connectivity index (χ0v) is 13.3. The molecule has 22 heavy (non-hydrogen) atoms. The zero-order chi connectivity index (χ0) is 15.2. The van der Waals surface area contributed by atoms with E-state index >= 15 is 0 Å². The van der Waals surface area contributed by atoms with Gasteiger partial charge in [-0.15, -0.1) is 0 Å². The molecule has 2 aliphatic carbocycles. The quantitative estimate of drug-likeness (QED) is 0.877. The predicted octanol–water partition coefficient (Wildman–Crippen LogP) is 2.48. The Kier molecular flexibility index (Phi) is 3.54. The predicted molar refractivity (Wildman–Crippen MR) is 88.3 cm³/mol. The summed E-state index contributed by atoms with van der Waals surface area (Å²) in [4.78, 5) is 2.07. The Bertz CT molecular complexity index is 526. The van der Waals surface area contributed by atoms with E-state index in [2.05, 4.69) is 34.5 Å². The molecular weight excluding hydrogens is 276 g/mol. The Morgan fingerprint density at radius 1 is 1.32 bits per heavy atom. The number of likely N-dealkylation sites (N-methyl/N-ethyl adjacent to an activating group) is 1. The first kappa shape index (κ1) is 14.3. The number of nitrogens with one attached hydrogen (secondary N) is 1. The van der Waals surface area contributed by atoms with Crippen LogP contribution in [0.4, 0.5) is 11.4 Å². The summed E-state index contributed by atoms with van der Waals surface area (Å²) < 4.78 is 5.98. The molecule has 3 fully saturated rings. The highest BCUT2D eigenvalue weighted by molar-refractivity contribution is 5.56. The van der Waals surface area contributed by atoms with Crippen molar-refractivity contribution in [2.45, 2.75) is 37.8 Å². The van der Waals surface area contributed by atoms with E-state index in [-0.39, 0.29) is 6.61 Å². The summed E-state index contributed by atoms with van der Waals surface area (Å²) >= 11 is 0. The normalized spacial score (nSPS) is 31.3. The van der Waals surface area contributed by atoms with Gasteiger partial charge in [-0.1, -0.05) is 6.42 Å². The molecule has 3 aliphatic rings. The van der Waals surface area contributed by atoms with Crippen molar-refractivity contribution in [1.29, 1.82) is 0 Å². The molecule has 1 saturated heterocycles. The molecular formula is C18H26N2O2. The molecule has 1 aromatic carbocycles. The third-order valence-electron chi connectivity index (χ3n) is 6.10. The SMILES string of the molecule is CN(CCO)c1ccc(NC2C3CCOC3C23CCC3)cc1. The van der Waals surface area contributed by atoms with Gasteiger partial charge in [0.15, 0.2) is 0 Å². The maximum Gasteiger partial charge on any atom is 0.0699 e. The molecule has 4 nitrogen and oxygen atoms in total. The Morgan fingerprint density at radius 3 is 2.73 bits per heavy atom. The van der Waals surface area contributed by atoms with Crippen LogP contribution < -0.4 is 10.2 Å². The molecule has 0 bridgehead atoms. The molecule has 3 unspecified atom stereocenters. The number of fused-ring (bicyclic) bond motifs is 2. The molecule has 4 rings (SSSR count). The van der Waals surface area contributed by atoms with Crippen LogP contribution in [-0.4, -0.2) is 44.1 Å². The molecule has 2 saturated carbocycles. The molecule has 0 radical (unpaired) electrons. The fraction of sp³-hybridized carbons (Fsp3) is 0.667. The maximum absolute atomic E-state index is 9.02. The number of hydrogen-bond donors (Lipinski definition) is 2. The number of aliphatic hydroxyl groups is 1. The average Bonchev–Trinajstić information content (AvgIpc) is 2.89. The van der Waals surface area contributed by atoms with E-state index in [1.165, 1.54) is 31.4 Å². The fourth-order valence-corrected chi connectivity index (χ4v) is 4.73. The summed E-state index contributed by atoms with van der Waals surface area (Å²) in [6.45, 7) is 1.80. The third-order valence-corrected chi connectivity index (χ3v) is 6.10. The van der Waals surface area contributed by atoms with Crippen LogP contribution in [0.1, 0.15) is 25.7 Å². The molecule has 1 aliphatic heterocycles. The van der Waals surface area contributed by atoms with E-state index in [1.54, 1.807) is 0 Å². The first-order valence-corrected chi connectivity index (χ1v) is 8.55. The molecule has 4 heteroatoms. The Balaban J connectivity index is 1.45. The number of aliphatic hydroxyl groups excluding tert-OH is 1. The van der Waals surface area contributed by atoms with E-state index in [1.807, 2.05) is 7.05 Å². The van der Waals surface area contributed by atoms with Crippen molar-refractivity contribution in [1.82, 2.24) is 0 Å². The van der Waals surface area contributed by atoms with E-state index < -0.39 is 0 Å². The molecule has 3 atom stereocenters. The third kappa shape index (κ3) is 2.04. The van der Waals surface area contributed by atoms with E-state index in [0.717, 1.165) is 12.3 Å². The highest BCUT2D eigenvalue weighted by Gasteiger charge is 2.66. The second-order valence-electron chi connectivity index (χ2n) is 7.14. The van der Waals surface area contributed by atoms with Crippen molar-refractivity contribution in [3.63, 3.8) is 0 Å². The van der Waals surface area contributed by atoms with Gasteiger partial charge >= 0.3 is 0 Å². The first-order chi connectivity index (χ1) is 10.7. The van der Waals surface area contributed by atoms with E-state index in [9.17, 15) is 0 Å². The van der Waals surface area contributed by atoms with E-state index in [0.29, 0.717) is 30.0 Å². The number of anilines is 2. The van der Waals surface area contributed by atoms with Gasteiger partial charge in [-0.25, -0.2) is 0 Å². The minimum absolute atomic E-state index is 0.185. The van der Waals surface area contributed by atoms with Crippen LogP contribution in [0.3, 0.4) is 0 Å². The summed E-state index contributed by atoms with van der Waals surface area (Å²) in [6, 6.07) is 9.19. The van der Waals surface area contributed by atoms with Gasteiger partial charge in [0.2, 0.25) is 0 Å². The van der Waals surface area contributed by atoms with E-state index in [4.69, 9.17) is 9.84 Å². The van der Waals surface area contributed by atoms with Crippen molar-refractivity contribution in [2.75, 3.05) is 37.0 Å². The summed E-state index contributed by atoms with van der Waals surface area (Å²) in [7, 11) is 2.01. The summed E-state index contributed by atoms with van der Waals surface area (Å²) in [5.41, 5.74) is 2.78. The monoisotopic (exact) mass is 302 g/mol. The number of rotatable bonds is 5. The highest BCUT2D eigenvalue weighted by Crippen LogP contribution is 2.63.